The highest BCUT2D eigenvalue weighted by molar-refractivity contribution is 5.68. The highest BCUT2D eigenvalue weighted by Crippen LogP contribution is 2.38. The van der Waals surface area contributed by atoms with Crippen LogP contribution in [0.4, 0.5) is 4.79 Å². The van der Waals surface area contributed by atoms with E-state index in [4.69, 9.17) is 14.2 Å². The van der Waals surface area contributed by atoms with Gasteiger partial charge in [-0.15, -0.1) is 0 Å². The summed E-state index contributed by atoms with van der Waals surface area (Å²) in [7, 11) is 0. The van der Waals surface area contributed by atoms with Crippen molar-refractivity contribution in [2.75, 3.05) is 26.3 Å². The SMILES string of the molecule is CC(C)(C)OC(=O)N1CC=C(C2=CCC3(CC2)OCCO3)CC1. The van der Waals surface area contributed by atoms with Gasteiger partial charge in [-0.2, -0.15) is 0 Å². The summed E-state index contributed by atoms with van der Waals surface area (Å²) >= 11 is 0. The number of ether oxygens (including phenoxy) is 3. The van der Waals surface area contributed by atoms with Crippen LogP contribution in [0, 0.1) is 0 Å². The van der Waals surface area contributed by atoms with Crippen LogP contribution in [0.2, 0.25) is 0 Å². The molecule has 1 spiro atoms. The standard InChI is InChI=1S/C18H27NO4/c1-17(2,3)23-16(20)19-10-6-15(7-11-19)14-4-8-18(9-5-14)21-12-13-22-18/h4,6H,5,7-13H2,1-3H3. The molecule has 3 rings (SSSR count). The average Bonchev–Trinajstić information content (AvgIpc) is 2.95. The number of carbonyl (C=O) groups excluding carboxylic acids is 1. The summed E-state index contributed by atoms with van der Waals surface area (Å²) in [5.41, 5.74) is 2.30. The molecular formula is C18H27NO4. The molecule has 0 unspecified atom stereocenters. The van der Waals surface area contributed by atoms with Gasteiger partial charge in [-0.1, -0.05) is 12.2 Å². The molecule has 0 atom stereocenters. The van der Waals surface area contributed by atoms with E-state index in [1.54, 1.807) is 4.90 Å². The van der Waals surface area contributed by atoms with Gasteiger partial charge in [0.15, 0.2) is 5.79 Å². The normalized spacial score (nSPS) is 24.4. The van der Waals surface area contributed by atoms with E-state index in [9.17, 15) is 4.79 Å². The quantitative estimate of drug-likeness (QED) is 0.742. The van der Waals surface area contributed by atoms with Gasteiger partial charge in [0.1, 0.15) is 5.60 Å². The smallest absolute Gasteiger partial charge is 0.410 e. The lowest BCUT2D eigenvalue weighted by Crippen LogP contribution is -2.39. The second kappa shape index (κ2) is 6.29. The van der Waals surface area contributed by atoms with Crippen LogP contribution in [0.15, 0.2) is 23.3 Å². The molecule has 1 saturated heterocycles. The van der Waals surface area contributed by atoms with Gasteiger partial charge in [0, 0.05) is 25.9 Å². The lowest BCUT2D eigenvalue weighted by Gasteiger charge is -2.33. The van der Waals surface area contributed by atoms with Crippen LogP contribution in [-0.2, 0) is 14.2 Å². The third kappa shape index (κ3) is 3.96. The molecule has 3 aliphatic rings. The summed E-state index contributed by atoms with van der Waals surface area (Å²) < 4.78 is 16.9. The Labute approximate surface area is 138 Å². The third-order valence-corrected chi connectivity index (χ3v) is 4.52. The Morgan fingerprint density at radius 2 is 1.87 bits per heavy atom. The van der Waals surface area contributed by atoms with Gasteiger partial charge in [-0.05, 0) is 44.8 Å². The summed E-state index contributed by atoms with van der Waals surface area (Å²) in [5.74, 6) is -0.360. The monoisotopic (exact) mass is 321 g/mol. The highest BCUT2D eigenvalue weighted by atomic mass is 16.7. The molecule has 0 N–H and O–H groups in total. The molecule has 2 heterocycles. The lowest BCUT2D eigenvalue weighted by molar-refractivity contribution is -0.161. The van der Waals surface area contributed by atoms with Crippen LogP contribution in [-0.4, -0.2) is 48.7 Å². The van der Waals surface area contributed by atoms with Crippen molar-refractivity contribution in [2.24, 2.45) is 0 Å². The van der Waals surface area contributed by atoms with Crippen LogP contribution in [0.5, 0.6) is 0 Å². The fraction of sp³-hybridized carbons (Fsp3) is 0.722. The molecule has 23 heavy (non-hydrogen) atoms. The predicted molar refractivity (Wildman–Crippen MR) is 87.1 cm³/mol. The van der Waals surface area contributed by atoms with Crippen LogP contribution in [0.3, 0.4) is 0 Å². The summed E-state index contributed by atoms with van der Waals surface area (Å²) in [5, 5.41) is 0. The summed E-state index contributed by atoms with van der Waals surface area (Å²) in [6, 6.07) is 0. The Balaban J connectivity index is 1.57. The predicted octanol–water partition coefficient (Wildman–Crippen LogP) is 3.41. The van der Waals surface area contributed by atoms with Crippen molar-refractivity contribution in [3.05, 3.63) is 23.3 Å². The molecule has 0 aromatic rings. The first-order valence-electron chi connectivity index (χ1n) is 8.51. The van der Waals surface area contributed by atoms with Crippen molar-refractivity contribution in [1.29, 1.82) is 0 Å². The maximum atomic E-state index is 12.1. The summed E-state index contributed by atoms with van der Waals surface area (Å²) in [4.78, 5) is 13.9. The molecule has 1 fully saturated rings. The van der Waals surface area contributed by atoms with E-state index >= 15 is 0 Å². The van der Waals surface area contributed by atoms with Crippen molar-refractivity contribution in [2.45, 2.75) is 57.8 Å². The van der Waals surface area contributed by atoms with Crippen molar-refractivity contribution >= 4 is 6.09 Å². The maximum Gasteiger partial charge on any atom is 0.410 e. The number of allylic oxidation sites excluding steroid dienone is 1. The van der Waals surface area contributed by atoms with Gasteiger partial charge in [0.25, 0.3) is 0 Å². The van der Waals surface area contributed by atoms with E-state index < -0.39 is 5.60 Å². The third-order valence-electron chi connectivity index (χ3n) is 4.52. The van der Waals surface area contributed by atoms with E-state index in [-0.39, 0.29) is 11.9 Å². The first kappa shape index (κ1) is 16.5. The Bertz CT molecular complexity index is 524. The van der Waals surface area contributed by atoms with Crippen LogP contribution < -0.4 is 0 Å². The molecule has 0 bridgehead atoms. The minimum absolute atomic E-state index is 0.225. The largest absolute Gasteiger partial charge is 0.444 e. The molecule has 0 radical (unpaired) electrons. The summed E-state index contributed by atoms with van der Waals surface area (Å²) in [6.45, 7) is 8.44. The van der Waals surface area contributed by atoms with Crippen molar-refractivity contribution in [3.8, 4) is 0 Å². The lowest BCUT2D eigenvalue weighted by atomic mass is 9.87. The number of amides is 1. The molecule has 2 aliphatic heterocycles. The molecule has 0 aromatic heterocycles. The Morgan fingerprint density at radius 1 is 1.17 bits per heavy atom. The van der Waals surface area contributed by atoms with E-state index in [2.05, 4.69) is 12.2 Å². The second-order valence-electron chi connectivity index (χ2n) is 7.45. The minimum atomic E-state index is -0.442. The molecule has 128 valence electrons. The first-order chi connectivity index (χ1) is 10.9. The zero-order chi connectivity index (χ0) is 16.5. The van der Waals surface area contributed by atoms with Gasteiger partial charge >= 0.3 is 6.09 Å². The maximum absolute atomic E-state index is 12.1. The highest BCUT2D eigenvalue weighted by Gasteiger charge is 2.38. The first-order valence-corrected chi connectivity index (χ1v) is 8.51. The number of carbonyl (C=O) groups is 1. The van der Waals surface area contributed by atoms with E-state index in [0.29, 0.717) is 19.8 Å². The average molecular weight is 321 g/mol. The Morgan fingerprint density at radius 3 is 2.39 bits per heavy atom. The van der Waals surface area contributed by atoms with Gasteiger partial charge in [0.05, 0.1) is 13.2 Å². The van der Waals surface area contributed by atoms with Crippen molar-refractivity contribution < 1.29 is 19.0 Å². The van der Waals surface area contributed by atoms with E-state index in [1.165, 1.54) is 11.1 Å². The van der Waals surface area contributed by atoms with E-state index in [1.807, 2.05) is 20.8 Å². The fourth-order valence-corrected chi connectivity index (χ4v) is 3.31. The molecule has 1 aliphatic carbocycles. The Kier molecular flexibility index (Phi) is 4.52. The van der Waals surface area contributed by atoms with Crippen LogP contribution in [0.1, 0.15) is 46.5 Å². The van der Waals surface area contributed by atoms with Crippen LogP contribution >= 0.6 is 0 Å². The number of hydrogen-bond donors (Lipinski definition) is 0. The Hall–Kier alpha value is -1.33. The van der Waals surface area contributed by atoms with Crippen LogP contribution in [0.25, 0.3) is 0 Å². The molecular weight excluding hydrogens is 294 g/mol. The summed E-state index contributed by atoms with van der Waals surface area (Å²) in [6.07, 6.45) is 7.81. The second-order valence-corrected chi connectivity index (χ2v) is 7.45. The number of nitrogens with zero attached hydrogens (tertiary/aromatic N) is 1. The molecule has 1 amide bonds. The minimum Gasteiger partial charge on any atom is -0.444 e. The topological polar surface area (TPSA) is 48.0 Å². The zero-order valence-electron chi connectivity index (χ0n) is 14.4. The molecule has 5 heteroatoms. The van der Waals surface area contributed by atoms with Crippen molar-refractivity contribution in [1.82, 2.24) is 4.90 Å². The van der Waals surface area contributed by atoms with Gasteiger partial charge in [-0.25, -0.2) is 4.79 Å². The molecule has 0 aromatic carbocycles. The van der Waals surface area contributed by atoms with Gasteiger partial charge in [0.2, 0.25) is 0 Å². The molecule has 5 nitrogen and oxygen atoms in total. The fourth-order valence-electron chi connectivity index (χ4n) is 3.31. The molecule has 0 saturated carbocycles. The van der Waals surface area contributed by atoms with E-state index in [0.717, 1.165) is 32.2 Å². The number of rotatable bonds is 1. The van der Waals surface area contributed by atoms with Crippen molar-refractivity contribution in [3.63, 3.8) is 0 Å². The van der Waals surface area contributed by atoms with Gasteiger partial charge in [-0.3, -0.25) is 0 Å². The zero-order valence-corrected chi connectivity index (χ0v) is 14.4. The van der Waals surface area contributed by atoms with Gasteiger partial charge < -0.3 is 19.1 Å². The number of hydrogen-bond acceptors (Lipinski definition) is 4.